The van der Waals surface area contributed by atoms with Gasteiger partial charge in [-0.15, -0.1) is 0 Å². The van der Waals surface area contributed by atoms with Gasteiger partial charge in [-0.3, -0.25) is 4.79 Å². The Kier molecular flexibility index (Phi) is 0.780. The molecule has 0 radical (unpaired) electrons. The lowest BCUT2D eigenvalue weighted by atomic mass is 10.7. The van der Waals surface area contributed by atoms with E-state index in [1.54, 1.807) is 0 Å². The zero-order chi connectivity index (χ0) is 5.86. The molecule has 5 heavy (non-hydrogen) atoms. The maximum absolute atomic E-state index is 9.70. The minimum Gasteiger partial charge on any atom is -0.276 e. The Balaban J connectivity index is 3.68. The first kappa shape index (κ1) is 1.98. The van der Waals surface area contributed by atoms with Gasteiger partial charge in [0.1, 0.15) is 0 Å². The highest BCUT2D eigenvalue weighted by Gasteiger charge is 1.74. The molecule has 2 heteroatoms. The van der Waals surface area contributed by atoms with E-state index in [2.05, 4.69) is 0 Å². The highest BCUT2D eigenvalue weighted by Crippen LogP contribution is 1.74. The summed E-state index contributed by atoms with van der Waals surface area (Å²) in [5.41, 5.74) is 0. The summed E-state index contributed by atoms with van der Waals surface area (Å²) < 4.78 is 12.7. The van der Waals surface area contributed by atoms with Crippen molar-refractivity contribution in [2.45, 2.75) is 0 Å². The molecule has 0 aliphatic rings. The highest BCUT2D eigenvalue weighted by atomic mass is 35.5. The van der Waals surface area contributed by atoms with Crippen LogP contribution < -0.4 is 0 Å². The summed E-state index contributed by atoms with van der Waals surface area (Å²) >= 11 is 4.72. The van der Waals surface area contributed by atoms with Crippen LogP contribution in [0, 0.1) is 0 Å². The largest absolute Gasteiger partial charge is 0.276 e. The summed E-state index contributed by atoms with van der Waals surface area (Å²) in [6, 6.07) is 0. The molecule has 0 N–H and O–H groups in total. The summed E-state index contributed by atoms with van der Waals surface area (Å²) in [6.45, 7) is -0.569. The van der Waals surface area contributed by atoms with Crippen molar-refractivity contribution in [3.63, 3.8) is 0 Å². The highest BCUT2D eigenvalue weighted by molar-refractivity contribution is 6.66. The van der Waals surface area contributed by atoms with Crippen LogP contribution in [-0.4, -0.2) is 5.24 Å². The Morgan fingerprint density at radius 1 is 2.40 bits per heavy atom. The molecule has 0 saturated carbocycles. The molecule has 0 amide bonds. The Labute approximate surface area is 38.1 Å². The molecular formula is C3H3ClO. The van der Waals surface area contributed by atoms with E-state index in [-0.39, 0.29) is 0 Å². The molecule has 0 fully saturated rings. The van der Waals surface area contributed by atoms with Crippen molar-refractivity contribution >= 4 is 16.8 Å². The Hall–Kier alpha value is -0.300. The van der Waals surface area contributed by atoms with Crippen molar-refractivity contribution in [3.05, 3.63) is 12.6 Å². The molecule has 1 nitrogen and oxygen atoms in total. The van der Waals surface area contributed by atoms with Gasteiger partial charge in [-0.1, -0.05) is 6.53 Å². The lowest BCUT2D eigenvalue weighted by molar-refractivity contribution is -0.107. The molecule has 28 valence electrons. The molecule has 0 aromatic heterocycles. The van der Waals surface area contributed by atoms with Gasteiger partial charge >= 0.3 is 0 Å². The number of hydrogen-bond donors (Lipinski definition) is 0. The van der Waals surface area contributed by atoms with Gasteiger partial charge in [-0.2, -0.15) is 0 Å². The van der Waals surface area contributed by atoms with Gasteiger partial charge in [0.05, 0.1) is 2.74 Å². The van der Waals surface area contributed by atoms with Gasteiger partial charge in [0.25, 0.3) is 0 Å². The zero-order valence-corrected chi connectivity index (χ0v) is 3.12. The quantitative estimate of drug-likeness (QED) is 0.348. The Bertz CT molecular complexity index is 106. The van der Waals surface area contributed by atoms with Crippen molar-refractivity contribution in [2.24, 2.45) is 0 Å². The van der Waals surface area contributed by atoms with Crippen LogP contribution >= 0.6 is 11.6 Å². The van der Waals surface area contributed by atoms with E-state index in [0.29, 0.717) is 6.08 Å². The molecule has 0 bridgehead atoms. The molecule has 0 atom stereocenters. The van der Waals surface area contributed by atoms with Crippen molar-refractivity contribution < 1.29 is 7.54 Å². The molecule has 0 aromatic rings. The molecule has 0 aliphatic heterocycles. The van der Waals surface area contributed by atoms with Gasteiger partial charge in [0.2, 0.25) is 5.24 Å². The summed E-state index contributed by atoms with van der Waals surface area (Å²) in [5, 5.41) is -0.778. The van der Waals surface area contributed by atoms with Crippen LogP contribution in [0.15, 0.2) is 12.6 Å². The summed E-state index contributed by atoms with van der Waals surface area (Å²) in [4.78, 5) is 9.70. The van der Waals surface area contributed by atoms with E-state index < -0.39 is 11.8 Å². The fourth-order valence-corrected chi connectivity index (χ4v) is 0. The van der Waals surface area contributed by atoms with Crippen molar-refractivity contribution in [1.29, 1.82) is 0 Å². The lowest BCUT2D eigenvalue weighted by Crippen LogP contribution is -1.67. The van der Waals surface area contributed by atoms with Gasteiger partial charge < -0.3 is 0 Å². The molecule has 0 aliphatic carbocycles. The Morgan fingerprint density at radius 3 is 3.00 bits per heavy atom. The molecule has 0 heterocycles. The van der Waals surface area contributed by atoms with Crippen molar-refractivity contribution in [1.82, 2.24) is 0 Å². The number of hydrogen-bond acceptors (Lipinski definition) is 1. The van der Waals surface area contributed by atoms with Crippen LogP contribution in [-0.2, 0) is 4.79 Å². The third kappa shape index (κ3) is 3.70. The fraction of sp³-hybridized carbons (Fsp3) is 0. The van der Waals surface area contributed by atoms with E-state index in [1.165, 1.54) is 0 Å². The monoisotopic (exact) mass is 92.0 g/mol. The second-order valence-corrected chi connectivity index (χ2v) is 0.821. The average molecular weight is 92.5 g/mol. The molecule has 0 spiro atoms. The topological polar surface area (TPSA) is 17.1 Å². The Morgan fingerprint density at radius 2 is 3.00 bits per heavy atom. The van der Waals surface area contributed by atoms with Crippen molar-refractivity contribution in [2.75, 3.05) is 0 Å². The molecule has 0 unspecified atom stereocenters. The predicted octanol–water partition coefficient (Wildman–Crippen LogP) is 0.938. The normalized spacial score (nSPS) is 11.4. The van der Waals surface area contributed by atoms with Crippen LogP contribution in [0.25, 0.3) is 0 Å². The number of carbonyl (C=O) groups excluding carboxylic acids is 1. The number of allylic oxidation sites excluding steroid dienone is 1. The van der Waals surface area contributed by atoms with E-state index in [4.69, 9.17) is 14.3 Å². The molecular weight excluding hydrogens is 87.5 g/mol. The SMILES string of the molecule is [2H]C([2H])=CC(=O)Cl. The molecule has 0 aromatic carbocycles. The predicted molar refractivity (Wildman–Crippen MR) is 21.1 cm³/mol. The van der Waals surface area contributed by atoms with Gasteiger partial charge in [0, 0.05) is 0 Å². The second kappa shape index (κ2) is 1.97. The second-order valence-electron chi connectivity index (χ2n) is 0.448. The van der Waals surface area contributed by atoms with E-state index in [9.17, 15) is 4.79 Å². The maximum atomic E-state index is 9.70. The van der Waals surface area contributed by atoms with Gasteiger partial charge in [-0.05, 0) is 17.7 Å². The summed E-state index contributed by atoms with van der Waals surface area (Å²) in [6.07, 6.45) is 0.710. The lowest BCUT2D eigenvalue weighted by Gasteiger charge is -1.59. The van der Waals surface area contributed by atoms with E-state index in [0.717, 1.165) is 0 Å². The number of rotatable bonds is 1. The van der Waals surface area contributed by atoms with Crippen molar-refractivity contribution in [3.8, 4) is 0 Å². The third-order valence-corrected chi connectivity index (χ3v) is 0.223. The summed E-state index contributed by atoms with van der Waals surface area (Å²) in [7, 11) is 0. The minimum atomic E-state index is -0.778. The van der Waals surface area contributed by atoms with E-state index >= 15 is 0 Å². The average Bonchev–Trinajstić information content (AvgIpc) is 1.27. The van der Waals surface area contributed by atoms with E-state index in [1.807, 2.05) is 0 Å². The standard InChI is InChI=1S/C3H3ClO/c1-2-3(4)5/h2H,1H2/i1D2. The van der Waals surface area contributed by atoms with Crippen LogP contribution in [0.5, 0.6) is 0 Å². The fourth-order valence-electron chi connectivity index (χ4n) is 0. The van der Waals surface area contributed by atoms with Crippen LogP contribution in [0.4, 0.5) is 0 Å². The summed E-state index contributed by atoms with van der Waals surface area (Å²) in [5.74, 6) is 0. The third-order valence-electron chi connectivity index (χ3n) is 0.113. The van der Waals surface area contributed by atoms with Crippen LogP contribution in [0.1, 0.15) is 2.74 Å². The smallest absolute Gasteiger partial charge is 0.244 e. The molecule has 0 rings (SSSR count). The van der Waals surface area contributed by atoms with Crippen LogP contribution in [0.2, 0.25) is 0 Å². The van der Waals surface area contributed by atoms with Gasteiger partial charge in [0.15, 0.2) is 0 Å². The van der Waals surface area contributed by atoms with Crippen LogP contribution in [0.3, 0.4) is 0 Å². The first-order chi connectivity index (χ1) is 3.13. The molecule has 0 saturated heterocycles. The number of halogens is 1. The van der Waals surface area contributed by atoms with Gasteiger partial charge in [-0.25, -0.2) is 0 Å². The maximum Gasteiger partial charge on any atom is 0.244 e. The minimum absolute atomic E-state index is 0.569. The zero-order valence-electron chi connectivity index (χ0n) is 4.36. The first-order valence-corrected chi connectivity index (χ1v) is 1.35. The first-order valence-electron chi connectivity index (χ1n) is 1.97. The number of carbonyl (C=O) groups is 1.